The van der Waals surface area contributed by atoms with Crippen molar-refractivity contribution in [2.75, 3.05) is 14.1 Å². The molecule has 24 heavy (non-hydrogen) atoms. The molecule has 3 atom stereocenters. The highest BCUT2D eigenvalue weighted by Crippen LogP contribution is 2.42. The van der Waals surface area contributed by atoms with Crippen LogP contribution in [-0.4, -0.2) is 42.2 Å². The van der Waals surface area contributed by atoms with Crippen LogP contribution in [-0.2, 0) is 15.1 Å². The summed E-state index contributed by atoms with van der Waals surface area (Å²) in [6.45, 7) is 5.84. The normalized spacial score (nSPS) is 20.6. The maximum atomic E-state index is 13.1. The molecule has 1 aliphatic rings. The van der Waals surface area contributed by atoms with Crippen molar-refractivity contribution in [3.63, 3.8) is 0 Å². The van der Waals surface area contributed by atoms with Crippen LogP contribution in [0.1, 0.15) is 50.7 Å². The first-order valence-corrected chi connectivity index (χ1v) is 8.94. The number of carbonyl (C=O) groups is 1. The summed E-state index contributed by atoms with van der Waals surface area (Å²) < 4.78 is 5.73. The summed E-state index contributed by atoms with van der Waals surface area (Å²) in [5, 5.41) is 11.5. The van der Waals surface area contributed by atoms with Crippen molar-refractivity contribution in [2.45, 2.75) is 64.2 Å². The number of benzene rings is 1. The fraction of sp³-hybridized carbons (Fsp3) is 0.650. The van der Waals surface area contributed by atoms with E-state index in [1.54, 1.807) is 0 Å². The Morgan fingerprint density at radius 2 is 1.83 bits per heavy atom. The highest BCUT2D eigenvalue weighted by molar-refractivity contribution is 5.82. The number of nitrogens with zero attached hydrogens (tertiary/aromatic N) is 1. The van der Waals surface area contributed by atoms with Gasteiger partial charge in [0.25, 0.3) is 0 Å². The SMILES string of the molecule is Cc1ccccc1[C@](O)(C(=O)OC(C)C(C)N(C)C)C1CCCC1. The second-order valence-corrected chi connectivity index (χ2v) is 7.38. The molecule has 4 heteroatoms. The summed E-state index contributed by atoms with van der Waals surface area (Å²) in [5.74, 6) is -0.585. The third-order valence-electron chi connectivity index (χ3n) is 5.60. The topological polar surface area (TPSA) is 49.8 Å². The number of esters is 1. The van der Waals surface area contributed by atoms with E-state index in [0.717, 1.165) is 31.2 Å². The van der Waals surface area contributed by atoms with Gasteiger partial charge < -0.3 is 14.7 Å². The van der Waals surface area contributed by atoms with Crippen LogP contribution in [0.5, 0.6) is 0 Å². The second kappa shape index (κ2) is 7.66. The van der Waals surface area contributed by atoms with E-state index in [1.807, 2.05) is 64.0 Å². The Kier molecular flexibility index (Phi) is 6.05. The molecule has 1 aromatic carbocycles. The average molecular weight is 333 g/mol. The highest BCUT2D eigenvalue weighted by atomic mass is 16.6. The molecule has 2 unspecified atom stereocenters. The fourth-order valence-corrected chi connectivity index (χ4v) is 3.62. The van der Waals surface area contributed by atoms with Crippen LogP contribution in [0.4, 0.5) is 0 Å². The molecule has 1 aromatic rings. The molecule has 0 aromatic heterocycles. The van der Waals surface area contributed by atoms with Crippen molar-refractivity contribution in [1.82, 2.24) is 4.90 Å². The number of carbonyl (C=O) groups excluding carboxylic acids is 1. The largest absolute Gasteiger partial charge is 0.459 e. The molecular weight excluding hydrogens is 302 g/mol. The smallest absolute Gasteiger partial charge is 0.343 e. The van der Waals surface area contributed by atoms with Gasteiger partial charge in [-0.3, -0.25) is 0 Å². The van der Waals surface area contributed by atoms with Crippen LogP contribution in [0, 0.1) is 12.8 Å². The third-order valence-corrected chi connectivity index (χ3v) is 5.60. The van der Waals surface area contributed by atoms with E-state index in [4.69, 9.17) is 4.74 Å². The Morgan fingerprint density at radius 3 is 2.38 bits per heavy atom. The molecule has 2 rings (SSSR count). The van der Waals surface area contributed by atoms with Crippen LogP contribution >= 0.6 is 0 Å². The van der Waals surface area contributed by atoms with E-state index in [2.05, 4.69) is 0 Å². The predicted molar refractivity (Wildman–Crippen MR) is 95.7 cm³/mol. The van der Waals surface area contributed by atoms with E-state index in [0.29, 0.717) is 5.56 Å². The van der Waals surface area contributed by atoms with Gasteiger partial charge in [0.15, 0.2) is 5.60 Å². The van der Waals surface area contributed by atoms with Gasteiger partial charge in [0, 0.05) is 12.0 Å². The maximum Gasteiger partial charge on any atom is 0.343 e. The summed E-state index contributed by atoms with van der Waals surface area (Å²) in [6.07, 6.45) is 3.53. The van der Waals surface area contributed by atoms with Crippen LogP contribution in [0.2, 0.25) is 0 Å². The van der Waals surface area contributed by atoms with E-state index in [-0.39, 0.29) is 18.1 Å². The van der Waals surface area contributed by atoms with Crippen molar-refractivity contribution in [3.8, 4) is 0 Å². The second-order valence-electron chi connectivity index (χ2n) is 7.38. The van der Waals surface area contributed by atoms with Crippen LogP contribution in [0.3, 0.4) is 0 Å². The average Bonchev–Trinajstić information content (AvgIpc) is 3.08. The number of aliphatic hydroxyl groups is 1. The number of likely N-dealkylation sites (N-methyl/N-ethyl adjacent to an activating group) is 1. The number of hydrogen-bond donors (Lipinski definition) is 1. The Hall–Kier alpha value is -1.39. The molecule has 0 bridgehead atoms. The minimum atomic E-state index is -1.55. The molecule has 134 valence electrons. The molecule has 0 heterocycles. The van der Waals surface area contributed by atoms with E-state index < -0.39 is 11.6 Å². The Bertz CT molecular complexity index is 566. The van der Waals surface area contributed by atoms with Gasteiger partial charge in [0.2, 0.25) is 0 Å². The lowest BCUT2D eigenvalue weighted by molar-refractivity contribution is -0.181. The van der Waals surface area contributed by atoms with Crippen molar-refractivity contribution in [2.24, 2.45) is 5.92 Å². The molecular formula is C20H31NO3. The van der Waals surface area contributed by atoms with Crippen LogP contribution in [0.25, 0.3) is 0 Å². The molecule has 0 amide bonds. The molecule has 1 saturated carbocycles. The molecule has 1 N–H and O–H groups in total. The van der Waals surface area contributed by atoms with Crippen molar-refractivity contribution in [1.29, 1.82) is 0 Å². The maximum absolute atomic E-state index is 13.1. The van der Waals surface area contributed by atoms with Gasteiger partial charge in [-0.1, -0.05) is 37.1 Å². The zero-order valence-corrected chi connectivity index (χ0v) is 15.6. The monoisotopic (exact) mass is 333 g/mol. The van der Waals surface area contributed by atoms with E-state index in [9.17, 15) is 9.90 Å². The van der Waals surface area contributed by atoms with Crippen LogP contribution in [0.15, 0.2) is 24.3 Å². The van der Waals surface area contributed by atoms with Gasteiger partial charge in [-0.15, -0.1) is 0 Å². The van der Waals surface area contributed by atoms with Gasteiger partial charge in [0.1, 0.15) is 6.10 Å². The number of rotatable bonds is 6. The first-order valence-electron chi connectivity index (χ1n) is 8.94. The Balaban J connectivity index is 2.33. The summed E-state index contributed by atoms with van der Waals surface area (Å²) in [5.41, 5.74) is 0.0612. The highest BCUT2D eigenvalue weighted by Gasteiger charge is 2.49. The van der Waals surface area contributed by atoms with Crippen LogP contribution < -0.4 is 0 Å². The van der Waals surface area contributed by atoms with Crippen molar-refractivity contribution in [3.05, 3.63) is 35.4 Å². The summed E-state index contributed by atoms with van der Waals surface area (Å²) in [7, 11) is 3.92. The van der Waals surface area contributed by atoms with E-state index >= 15 is 0 Å². The minimum Gasteiger partial charge on any atom is -0.459 e. The predicted octanol–water partition coefficient (Wildman–Crippen LogP) is 3.25. The summed E-state index contributed by atoms with van der Waals surface area (Å²) in [4.78, 5) is 15.1. The molecule has 0 aliphatic heterocycles. The first kappa shape index (κ1) is 18.9. The standard InChI is InChI=1S/C20H31NO3/c1-14-10-6-9-13-18(14)20(23,17-11-7-8-12-17)19(22)24-16(3)15(2)21(4)5/h6,9-10,13,15-17,23H,7-8,11-12H2,1-5H3/t15?,16?,20-/m0/s1. The van der Waals surface area contributed by atoms with Gasteiger partial charge in [0.05, 0.1) is 0 Å². The van der Waals surface area contributed by atoms with Crippen molar-refractivity contribution >= 4 is 5.97 Å². The fourth-order valence-electron chi connectivity index (χ4n) is 3.62. The number of aryl methyl sites for hydroxylation is 1. The minimum absolute atomic E-state index is 0.0760. The zero-order valence-electron chi connectivity index (χ0n) is 15.6. The van der Waals surface area contributed by atoms with Gasteiger partial charge in [-0.2, -0.15) is 0 Å². The lowest BCUT2D eigenvalue weighted by Crippen LogP contribution is -2.47. The number of hydrogen-bond acceptors (Lipinski definition) is 4. The van der Waals surface area contributed by atoms with Gasteiger partial charge >= 0.3 is 5.97 Å². The molecule has 1 fully saturated rings. The van der Waals surface area contributed by atoms with Crippen molar-refractivity contribution < 1.29 is 14.6 Å². The van der Waals surface area contributed by atoms with Gasteiger partial charge in [-0.25, -0.2) is 4.79 Å². The Labute approximate surface area is 145 Å². The molecule has 0 spiro atoms. The lowest BCUT2D eigenvalue weighted by Gasteiger charge is -2.36. The molecule has 0 saturated heterocycles. The summed E-state index contributed by atoms with van der Waals surface area (Å²) >= 11 is 0. The molecule has 1 aliphatic carbocycles. The van der Waals surface area contributed by atoms with E-state index in [1.165, 1.54) is 0 Å². The lowest BCUT2D eigenvalue weighted by atomic mass is 9.78. The zero-order chi connectivity index (χ0) is 17.9. The number of ether oxygens (including phenoxy) is 1. The quantitative estimate of drug-likeness (QED) is 0.812. The first-order chi connectivity index (χ1) is 11.3. The Morgan fingerprint density at radius 1 is 1.25 bits per heavy atom. The molecule has 0 radical (unpaired) electrons. The summed E-state index contributed by atoms with van der Waals surface area (Å²) in [6, 6.07) is 7.68. The third kappa shape index (κ3) is 3.65. The van der Waals surface area contributed by atoms with Gasteiger partial charge in [-0.05, 0) is 58.8 Å². The molecule has 4 nitrogen and oxygen atoms in total.